The zero-order valence-corrected chi connectivity index (χ0v) is 22.9. The summed E-state index contributed by atoms with van der Waals surface area (Å²) in [5.74, 6) is 1.25. The summed E-state index contributed by atoms with van der Waals surface area (Å²) in [7, 11) is 0.623. The lowest BCUT2D eigenvalue weighted by Crippen LogP contribution is -2.30. The number of nitrogens with zero attached hydrogens (tertiary/aromatic N) is 6. The van der Waals surface area contributed by atoms with Gasteiger partial charge in [0.05, 0.1) is 19.5 Å². The number of rotatable bonds is 10. The number of methoxy groups -OCH3 is 3. The summed E-state index contributed by atoms with van der Waals surface area (Å²) >= 11 is 0. The number of sulfone groups is 1. The van der Waals surface area contributed by atoms with Gasteiger partial charge < -0.3 is 14.2 Å². The highest BCUT2D eigenvalue weighted by atomic mass is 32.2. The van der Waals surface area contributed by atoms with Crippen LogP contribution in [0, 0.1) is 13.8 Å². The average molecular weight is 539 g/mol. The highest BCUT2D eigenvalue weighted by molar-refractivity contribution is 7.91. The van der Waals surface area contributed by atoms with E-state index in [1.807, 2.05) is 26.0 Å². The highest BCUT2D eigenvalue weighted by Gasteiger charge is 2.35. The van der Waals surface area contributed by atoms with Crippen molar-refractivity contribution in [3.63, 3.8) is 0 Å². The second-order valence-electron chi connectivity index (χ2n) is 8.74. The topological polar surface area (TPSA) is 131 Å². The van der Waals surface area contributed by atoms with E-state index >= 15 is 0 Å². The summed E-state index contributed by atoms with van der Waals surface area (Å²) in [6.45, 7) is 5.28. The van der Waals surface area contributed by atoms with E-state index in [-0.39, 0.29) is 11.6 Å². The second-order valence-corrected chi connectivity index (χ2v) is 11.1. The molecule has 0 saturated carbocycles. The third-order valence-corrected chi connectivity index (χ3v) is 8.15. The van der Waals surface area contributed by atoms with Gasteiger partial charge in [0.25, 0.3) is 0 Å². The van der Waals surface area contributed by atoms with E-state index in [1.165, 1.54) is 21.3 Å². The van der Waals surface area contributed by atoms with Gasteiger partial charge in [0, 0.05) is 25.2 Å². The molecule has 3 aromatic heterocycles. The minimum absolute atomic E-state index is 0.164. The Labute approximate surface area is 221 Å². The van der Waals surface area contributed by atoms with Gasteiger partial charge >= 0.3 is 0 Å². The average Bonchev–Trinajstić information content (AvgIpc) is 3.31. The SMILES string of the molecule is COc1cccc(OC)c1-n1c(CS(=O)(=O)[C@@H](C)[C@H](OC)c2ncc(C)cn2)nnc1-c1cccc(C)n1. The zero-order chi connectivity index (χ0) is 27.4. The van der Waals surface area contributed by atoms with Crippen LogP contribution in [0.15, 0.2) is 48.8 Å². The summed E-state index contributed by atoms with van der Waals surface area (Å²) in [5, 5.41) is 7.66. The Morgan fingerprint density at radius 3 is 2.13 bits per heavy atom. The minimum atomic E-state index is -3.86. The Morgan fingerprint density at radius 2 is 1.55 bits per heavy atom. The number of aryl methyl sites for hydroxylation is 2. The van der Waals surface area contributed by atoms with Crippen molar-refractivity contribution in [1.82, 2.24) is 29.7 Å². The Balaban J connectivity index is 1.84. The first-order chi connectivity index (χ1) is 18.2. The van der Waals surface area contributed by atoms with Crippen LogP contribution < -0.4 is 9.47 Å². The molecule has 200 valence electrons. The van der Waals surface area contributed by atoms with Crippen molar-refractivity contribution in [2.45, 2.75) is 37.9 Å². The van der Waals surface area contributed by atoms with Crippen molar-refractivity contribution in [2.24, 2.45) is 0 Å². The van der Waals surface area contributed by atoms with Gasteiger partial charge in [0.15, 0.2) is 27.3 Å². The summed E-state index contributed by atoms with van der Waals surface area (Å²) in [4.78, 5) is 13.1. The molecule has 0 fully saturated rings. The molecule has 38 heavy (non-hydrogen) atoms. The van der Waals surface area contributed by atoms with Crippen LogP contribution in [-0.4, -0.2) is 64.7 Å². The minimum Gasteiger partial charge on any atom is -0.494 e. The van der Waals surface area contributed by atoms with Crippen LogP contribution in [0.1, 0.15) is 35.9 Å². The van der Waals surface area contributed by atoms with Crippen LogP contribution >= 0.6 is 0 Å². The Hall–Kier alpha value is -3.90. The van der Waals surface area contributed by atoms with Crippen molar-refractivity contribution < 1.29 is 22.6 Å². The van der Waals surface area contributed by atoms with Gasteiger partial charge in [-0.25, -0.2) is 23.4 Å². The van der Waals surface area contributed by atoms with Crippen LogP contribution in [0.3, 0.4) is 0 Å². The van der Waals surface area contributed by atoms with Gasteiger partial charge in [-0.15, -0.1) is 10.2 Å². The fourth-order valence-electron chi connectivity index (χ4n) is 4.09. The van der Waals surface area contributed by atoms with E-state index in [0.717, 1.165) is 11.3 Å². The lowest BCUT2D eigenvalue weighted by molar-refractivity contribution is 0.0947. The molecule has 0 saturated heterocycles. The summed E-state index contributed by atoms with van der Waals surface area (Å²) < 4.78 is 45.9. The van der Waals surface area contributed by atoms with Crippen LogP contribution in [0.25, 0.3) is 17.2 Å². The number of aromatic nitrogens is 6. The van der Waals surface area contributed by atoms with E-state index in [4.69, 9.17) is 14.2 Å². The van der Waals surface area contributed by atoms with Crippen LogP contribution in [0.4, 0.5) is 0 Å². The molecular weight excluding hydrogens is 508 g/mol. The first-order valence-corrected chi connectivity index (χ1v) is 13.5. The second kappa shape index (κ2) is 11.2. The van der Waals surface area contributed by atoms with Crippen LogP contribution in [0.2, 0.25) is 0 Å². The molecule has 0 spiro atoms. The fraction of sp³-hybridized carbons (Fsp3) is 0.346. The maximum absolute atomic E-state index is 13.7. The maximum atomic E-state index is 13.7. The van der Waals surface area contributed by atoms with Crippen LogP contribution in [0.5, 0.6) is 11.5 Å². The third-order valence-electron chi connectivity index (χ3n) is 6.11. The molecule has 0 bridgehead atoms. The van der Waals surface area contributed by atoms with Gasteiger partial charge in [0.1, 0.15) is 34.7 Å². The normalized spacial score (nSPS) is 13.2. The molecule has 0 aliphatic rings. The van der Waals surface area contributed by atoms with Gasteiger partial charge in [0.2, 0.25) is 0 Å². The highest BCUT2D eigenvalue weighted by Crippen LogP contribution is 2.37. The molecule has 0 amide bonds. The van der Waals surface area contributed by atoms with E-state index in [1.54, 1.807) is 48.1 Å². The van der Waals surface area contributed by atoms with Crippen molar-refractivity contribution >= 4 is 9.84 Å². The van der Waals surface area contributed by atoms with E-state index < -0.39 is 26.9 Å². The molecule has 1 aromatic carbocycles. The number of ether oxygens (including phenoxy) is 3. The molecule has 0 radical (unpaired) electrons. The van der Waals surface area contributed by atoms with E-state index in [0.29, 0.717) is 28.7 Å². The number of hydrogen-bond acceptors (Lipinski definition) is 10. The number of pyridine rings is 1. The molecule has 11 nitrogen and oxygen atoms in total. The molecule has 0 unspecified atom stereocenters. The summed E-state index contributed by atoms with van der Waals surface area (Å²) in [6.07, 6.45) is 2.37. The third kappa shape index (κ3) is 5.36. The first kappa shape index (κ1) is 27.1. The molecule has 4 aromatic rings. The summed E-state index contributed by atoms with van der Waals surface area (Å²) in [5.41, 5.74) is 2.61. The maximum Gasteiger partial charge on any atom is 0.187 e. The molecule has 4 rings (SSSR count). The van der Waals surface area contributed by atoms with Crippen LogP contribution in [-0.2, 0) is 20.3 Å². The molecule has 2 atom stereocenters. The standard InChI is InChI=1S/C26H30N6O5S/c1-16-13-27-25(28-14-16)24(37-6)18(3)38(33,34)15-22-30-31-26(19-10-7-9-17(2)29-19)32(22)23-20(35-4)11-8-12-21(23)36-5/h7-14,18,24H,15H2,1-6H3/t18-,24-/m0/s1. The monoisotopic (exact) mass is 538 g/mol. The molecule has 12 heteroatoms. The Morgan fingerprint density at radius 1 is 0.921 bits per heavy atom. The molecule has 0 aliphatic heterocycles. The lowest BCUT2D eigenvalue weighted by Gasteiger charge is -2.22. The predicted molar refractivity (Wildman–Crippen MR) is 141 cm³/mol. The summed E-state index contributed by atoms with van der Waals surface area (Å²) in [6, 6.07) is 10.8. The van der Waals surface area contributed by atoms with Crippen molar-refractivity contribution in [3.8, 4) is 28.7 Å². The number of para-hydroxylation sites is 1. The van der Waals surface area contributed by atoms with Gasteiger partial charge in [-0.2, -0.15) is 0 Å². The number of benzene rings is 1. The van der Waals surface area contributed by atoms with Crippen molar-refractivity contribution in [1.29, 1.82) is 0 Å². The zero-order valence-electron chi connectivity index (χ0n) is 22.1. The number of hydrogen-bond donors (Lipinski definition) is 0. The molecule has 0 aliphatic carbocycles. The Bertz CT molecular complexity index is 1500. The molecule has 0 N–H and O–H groups in total. The van der Waals surface area contributed by atoms with Gasteiger partial charge in [-0.05, 0) is 50.6 Å². The first-order valence-electron chi connectivity index (χ1n) is 11.8. The largest absolute Gasteiger partial charge is 0.494 e. The fourth-order valence-corrected chi connectivity index (χ4v) is 5.51. The predicted octanol–water partition coefficient (Wildman–Crippen LogP) is 3.44. The molecular formula is C26H30N6O5S. The molecule has 3 heterocycles. The van der Waals surface area contributed by atoms with Crippen molar-refractivity contribution in [3.05, 3.63) is 71.7 Å². The van der Waals surface area contributed by atoms with E-state index in [2.05, 4.69) is 25.1 Å². The van der Waals surface area contributed by atoms with Gasteiger partial charge in [-0.1, -0.05) is 12.1 Å². The van der Waals surface area contributed by atoms with Crippen molar-refractivity contribution in [2.75, 3.05) is 21.3 Å². The van der Waals surface area contributed by atoms with Gasteiger partial charge in [-0.3, -0.25) is 4.57 Å². The smallest absolute Gasteiger partial charge is 0.187 e. The Kier molecular flexibility index (Phi) is 8.02. The van der Waals surface area contributed by atoms with E-state index in [9.17, 15) is 8.42 Å². The quantitative estimate of drug-likeness (QED) is 0.296. The lowest BCUT2D eigenvalue weighted by atomic mass is 10.2.